The highest BCUT2D eigenvalue weighted by molar-refractivity contribution is 7.93. The van der Waals surface area contributed by atoms with Crippen LogP contribution in [0.15, 0.2) is 12.1 Å². The van der Waals surface area contributed by atoms with Gasteiger partial charge in [0.05, 0.1) is 20.3 Å². The molecule has 0 amide bonds. The molecule has 0 aromatic heterocycles. The summed E-state index contributed by atoms with van der Waals surface area (Å²) in [6, 6.07) is 4.01. The third-order valence-corrected chi connectivity index (χ3v) is 3.78. The molecule has 17 heavy (non-hydrogen) atoms. The Morgan fingerprint density at radius 2 is 2.06 bits per heavy atom. The van der Waals surface area contributed by atoms with E-state index in [9.17, 15) is 0 Å². The number of hydrogen-bond donors (Lipinski definition) is 0. The lowest BCUT2D eigenvalue weighted by Crippen LogP contribution is -2.10. The van der Waals surface area contributed by atoms with Gasteiger partial charge in [0, 0.05) is 11.6 Å². The molecule has 0 radical (unpaired) electrons. The quantitative estimate of drug-likeness (QED) is 0.620. The molecule has 1 aromatic carbocycles. The number of ether oxygens (including phenoxy) is 2. The summed E-state index contributed by atoms with van der Waals surface area (Å²) in [5.41, 5.74) is 2.39. The molecule has 1 aromatic rings. The number of halogens is 1. The van der Waals surface area contributed by atoms with Crippen LogP contribution in [0.3, 0.4) is 0 Å². The summed E-state index contributed by atoms with van der Waals surface area (Å²) in [7, 11) is 3.28. The second-order valence-corrected chi connectivity index (χ2v) is 4.83. The van der Waals surface area contributed by atoms with E-state index in [0.29, 0.717) is 5.88 Å². The largest absolute Gasteiger partial charge is 0.493 e. The Morgan fingerprint density at radius 1 is 1.35 bits per heavy atom. The Labute approximate surface area is 111 Å². The summed E-state index contributed by atoms with van der Waals surface area (Å²) in [5.74, 6) is 2.91. The minimum Gasteiger partial charge on any atom is -0.493 e. The van der Waals surface area contributed by atoms with E-state index in [1.54, 1.807) is 14.2 Å². The van der Waals surface area contributed by atoms with Crippen LogP contribution in [-0.4, -0.2) is 20.1 Å². The average molecular weight is 275 g/mol. The second kappa shape index (κ2) is 5.85. The lowest BCUT2D eigenvalue weighted by molar-refractivity contribution is 0.235. The molecule has 2 rings (SSSR count). The first-order valence-corrected chi connectivity index (χ1v) is 6.83. The fourth-order valence-corrected chi connectivity index (χ4v) is 2.90. The van der Waals surface area contributed by atoms with Gasteiger partial charge in [0.15, 0.2) is 11.5 Å². The zero-order chi connectivity index (χ0) is 12.3. The van der Waals surface area contributed by atoms with Crippen molar-refractivity contribution in [1.82, 2.24) is 0 Å². The first kappa shape index (κ1) is 12.9. The van der Waals surface area contributed by atoms with Crippen molar-refractivity contribution >= 4 is 23.6 Å². The number of hydrogen-bond acceptors (Lipinski definition) is 4. The SMILES string of the molecule is COc1cc2c(cc1OC)C(CCCl)OSC2. The van der Waals surface area contributed by atoms with Crippen molar-refractivity contribution in [2.75, 3.05) is 20.1 Å². The molecular weight excluding hydrogens is 260 g/mol. The fourth-order valence-electron chi connectivity index (χ4n) is 1.90. The number of alkyl halides is 1. The summed E-state index contributed by atoms with van der Waals surface area (Å²) < 4.78 is 16.3. The third kappa shape index (κ3) is 2.64. The predicted octanol–water partition coefficient (Wildman–Crippen LogP) is 3.55. The van der Waals surface area contributed by atoms with Crippen LogP contribution in [-0.2, 0) is 9.94 Å². The lowest BCUT2D eigenvalue weighted by Gasteiger charge is -2.25. The second-order valence-electron chi connectivity index (χ2n) is 3.73. The molecule has 1 atom stereocenters. The van der Waals surface area contributed by atoms with Crippen LogP contribution in [0.25, 0.3) is 0 Å². The minimum atomic E-state index is 0.0426. The van der Waals surface area contributed by atoms with Crippen molar-refractivity contribution < 1.29 is 13.7 Å². The third-order valence-electron chi connectivity index (χ3n) is 2.76. The zero-order valence-corrected chi connectivity index (χ0v) is 11.4. The van der Waals surface area contributed by atoms with Crippen LogP contribution in [0.5, 0.6) is 11.5 Å². The predicted molar refractivity (Wildman–Crippen MR) is 70.0 cm³/mol. The maximum atomic E-state index is 5.79. The highest BCUT2D eigenvalue weighted by Gasteiger charge is 2.23. The molecule has 1 heterocycles. The molecule has 94 valence electrons. The monoisotopic (exact) mass is 274 g/mol. The molecule has 0 N–H and O–H groups in total. The van der Waals surface area contributed by atoms with Gasteiger partial charge >= 0.3 is 0 Å². The average Bonchev–Trinajstić information content (AvgIpc) is 2.38. The highest BCUT2D eigenvalue weighted by Crippen LogP contribution is 2.42. The molecule has 0 bridgehead atoms. The van der Waals surface area contributed by atoms with E-state index in [-0.39, 0.29) is 6.10 Å². The molecule has 3 nitrogen and oxygen atoms in total. The first-order chi connectivity index (χ1) is 8.30. The molecule has 0 saturated heterocycles. The van der Waals surface area contributed by atoms with Crippen LogP contribution < -0.4 is 9.47 Å². The summed E-state index contributed by atoms with van der Waals surface area (Å²) in [6.07, 6.45) is 0.845. The Kier molecular flexibility index (Phi) is 4.42. The molecule has 0 spiro atoms. The lowest BCUT2D eigenvalue weighted by atomic mass is 10.0. The van der Waals surface area contributed by atoms with Gasteiger partial charge in [-0.05, 0) is 41.7 Å². The molecule has 0 aliphatic carbocycles. The molecule has 5 heteroatoms. The van der Waals surface area contributed by atoms with Crippen LogP contribution in [0.4, 0.5) is 0 Å². The zero-order valence-electron chi connectivity index (χ0n) is 9.86. The molecule has 1 aliphatic rings. The van der Waals surface area contributed by atoms with Gasteiger partial charge in [0.1, 0.15) is 0 Å². The Bertz CT molecular complexity index is 398. The van der Waals surface area contributed by atoms with E-state index in [0.717, 1.165) is 29.2 Å². The van der Waals surface area contributed by atoms with Crippen molar-refractivity contribution in [2.24, 2.45) is 0 Å². The van der Waals surface area contributed by atoms with Gasteiger partial charge in [-0.2, -0.15) is 0 Å². The number of rotatable bonds is 4. The Hall–Kier alpha value is -0.580. The van der Waals surface area contributed by atoms with E-state index in [4.69, 9.17) is 25.3 Å². The van der Waals surface area contributed by atoms with Crippen LogP contribution in [0.1, 0.15) is 23.7 Å². The van der Waals surface area contributed by atoms with Gasteiger partial charge in [-0.3, -0.25) is 0 Å². The topological polar surface area (TPSA) is 27.7 Å². The summed E-state index contributed by atoms with van der Waals surface area (Å²) in [6.45, 7) is 0. The molecule has 0 fully saturated rings. The number of benzene rings is 1. The molecular formula is C12H15ClO3S. The molecule has 1 aliphatic heterocycles. The van der Waals surface area contributed by atoms with E-state index in [1.165, 1.54) is 17.6 Å². The van der Waals surface area contributed by atoms with Crippen LogP contribution in [0, 0.1) is 0 Å². The minimum absolute atomic E-state index is 0.0426. The van der Waals surface area contributed by atoms with Gasteiger partial charge in [0.25, 0.3) is 0 Å². The van der Waals surface area contributed by atoms with Crippen molar-refractivity contribution in [1.29, 1.82) is 0 Å². The molecule has 0 saturated carbocycles. The van der Waals surface area contributed by atoms with Gasteiger partial charge in [-0.1, -0.05) is 0 Å². The normalized spacial score (nSPS) is 18.6. The van der Waals surface area contributed by atoms with Crippen LogP contribution >= 0.6 is 23.6 Å². The van der Waals surface area contributed by atoms with E-state index in [2.05, 4.69) is 0 Å². The van der Waals surface area contributed by atoms with Crippen molar-refractivity contribution in [3.05, 3.63) is 23.3 Å². The first-order valence-electron chi connectivity index (χ1n) is 5.39. The van der Waals surface area contributed by atoms with Gasteiger partial charge < -0.3 is 13.7 Å². The van der Waals surface area contributed by atoms with E-state index < -0.39 is 0 Å². The van der Waals surface area contributed by atoms with Gasteiger partial charge in [-0.25, -0.2) is 0 Å². The van der Waals surface area contributed by atoms with Crippen molar-refractivity contribution in [2.45, 2.75) is 18.3 Å². The van der Waals surface area contributed by atoms with Crippen LogP contribution in [0.2, 0.25) is 0 Å². The highest BCUT2D eigenvalue weighted by atomic mass is 35.5. The van der Waals surface area contributed by atoms with Crippen molar-refractivity contribution in [3.8, 4) is 11.5 Å². The molecule has 1 unspecified atom stereocenters. The summed E-state index contributed by atoms with van der Waals surface area (Å²) in [4.78, 5) is 0. The number of fused-ring (bicyclic) bond motifs is 1. The Morgan fingerprint density at radius 3 is 2.71 bits per heavy atom. The van der Waals surface area contributed by atoms with Gasteiger partial charge in [0.2, 0.25) is 0 Å². The Balaban J connectivity index is 2.39. The number of methoxy groups -OCH3 is 2. The summed E-state index contributed by atoms with van der Waals surface area (Å²) in [5, 5.41) is 0. The fraction of sp³-hybridized carbons (Fsp3) is 0.500. The standard InChI is InChI=1S/C12H15ClO3S/c1-14-11-5-8-7-17-16-10(3-4-13)9(8)6-12(11)15-2/h5-6,10H,3-4,7H2,1-2H3. The smallest absolute Gasteiger partial charge is 0.161 e. The summed E-state index contributed by atoms with van der Waals surface area (Å²) >= 11 is 7.25. The maximum Gasteiger partial charge on any atom is 0.161 e. The van der Waals surface area contributed by atoms with E-state index in [1.807, 2.05) is 12.1 Å². The van der Waals surface area contributed by atoms with E-state index >= 15 is 0 Å². The van der Waals surface area contributed by atoms with Crippen molar-refractivity contribution in [3.63, 3.8) is 0 Å². The van der Waals surface area contributed by atoms with Gasteiger partial charge in [-0.15, -0.1) is 11.6 Å². The maximum absolute atomic E-state index is 5.79.